The molecule has 22 heavy (non-hydrogen) atoms. The minimum atomic E-state index is -1.15. The van der Waals surface area contributed by atoms with E-state index in [9.17, 15) is 9.59 Å². The average molecular weight is 301 g/mol. The summed E-state index contributed by atoms with van der Waals surface area (Å²) >= 11 is 0. The third-order valence-electron chi connectivity index (χ3n) is 3.01. The molecule has 6 heteroatoms. The Morgan fingerprint density at radius 1 is 1.36 bits per heavy atom. The van der Waals surface area contributed by atoms with Crippen molar-refractivity contribution in [3.05, 3.63) is 47.2 Å². The number of carbonyl (C=O) groups is 2. The van der Waals surface area contributed by atoms with Crippen LogP contribution in [0.2, 0.25) is 0 Å². The Labute approximate surface area is 129 Å². The molecule has 1 atom stereocenters. The molecule has 0 aliphatic carbocycles. The van der Waals surface area contributed by atoms with Gasteiger partial charge in [-0.3, -0.25) is 9.59 Å². The molecule has 0 bridgehead atoms. The van der Waals surface area contributed by atoms with Gasteiger partial charge in [0.15, 0.2) is 0 Å². The van der Waals surface area contributed by atoms with Crippen LogP contribution in [-0.4, -0.2) is 29.6 Å². The highest BCUT2D eigenvalue weighted by Gasteiger charge is 2.16. The second kappa shape index (κ2) is 8.47. The summed E-state index contributed by atoms with van der Waals surface area (Å²) in [7, 11) is 0. The third kappa shape index (κ3) is 5.67. The molecule has 0 saturated carbocycles. The lowest BCUT2D eigenvalue weighted by Gasteiger charge is -2.08. The first-order valence-corrected chi connectivity index (χ1v) is 6.87. The zero-order valence-electron chi connectivity index (χ0n) is 12.6. The van der Waals surface area contributed by atoms with Gasteiger partial charge in [-0.15, -0.1) is 0 Å². The maximum atomic E-state index is 11.7. The Morgan fingerprint density at radius 3 is 2.55 bits per heavy atom. The summed E-state index contributed by atoms with van der Waals surface area (Å²) in [5.74, 6) is -1.86. The van der Waals surface area contributed by atoms with Gasteiger partial charge >= 0.3 is 5.97 Å². The molecule has 1 amide bonds. The molecule has 1 aromatic rings. The first kappa shape index (κ1) is 17.2. The summed E-state index contributed by atoms with van der Waals surface area (Å²) < 4.78 is 0. The van der Waals surface area contributed by atoms with Crippen LogP contribution >= 0.6 is 0 Å². The van der Waals surface area contributed by atoms with E-state index in [2.05, 4.69) is 10.6 Å². The molecular weight excluding hydrogens is 282 g/mol. The lowest BCUT2D eigenvalue weighted by atomic mass is 10.1. The van der Waals surface area contributed by atoms with E-state index in [1.165, 1.54) is 18.7 Å². The number of nitrogens with zero attached hydrogens (tertiary/aromatic N) is 1. The van der Waals surface area contributed by atoms with Gasteiger partial charge in [0.1, 0.15) is 17.7 Å². The highest BCUT2D eigenvalue weighted by atomic mass is 16.4. The van der Waals surface area contributed by atoms with Gasteiger partial charge in [0.25, 0.3) is 5.91 Å². The average Bonchev–Trinajstić information content (AvgIpc) is 2.48. The Balaban J connectivity index is 2.48. The summed E-state index contributed by atoms with van der Waals surface area (Å²) in [6.45, 7) is 3.91. The molecule has 0 spiro atoms. The number of aryl methyl sites for hydroxylation is 1. The number of hydrogen-bond donors (Lipinski definition) is 3. The van der Waals surface area contributed by atoms with Crippen LogP contribution in [0.3, 0.4) is 0 Å². The van der Waals surface area contributed by atoms with Crippen molar-refractivity contribution in [3.8, 4) is 6.07 Å². The quantitative estimate of drug-likeness (QED) is 0.398. The number of carbonyl (C=O) groups excluding carboxylic acids is 1. The maximum Gasteiger partial charge on any atom is 0.325 e. The first-order valence-electron chi connectivity index (χ1n) is 6.87. The lowest BCUT2D eigenvalue weighted by Crippen LogP contribution is -2.39. The number of carboxylic acids is 1. The van der Waals surface area contributed by atoms with Crippen LogP contribution < -0.4 is 10.6 Å². The molecular formula is C16H19N3O3. The fourth-order valence-corrected chi connectivity index (χ4v) is 1.63. The minimum absolute atomic E-state index is 0.156. The number of hydrogen-bond acceptors (Lipinski definition) is 4. The van der Waals surface area contributed by atoms with Gasteiger partial charge in [-0.1, -0.05) is 29.8 Å². The molecule has 1 aromatic carbocycles. The van der Waals surface area contributed by atoms with E-state index in [1.807, 2.05) is 31.2 Å². The topological polar surface area (TPSA) is 102 Å². The third-order valence-corrected chi connectivity index (χ3v) is 3.01. The van der Waals surface area contributed by atoms with Gasteiger partial charge in [-0.25, -0.2) is 0 Å². The van der Waals surface area contributed by atoms with Crippen molar-refractivity contribution in [2.45, 2.75) is 26.3 Å². The van der Waals surface area contributed by atoms with E-state index in [1.54, 1.807) is 6.07 Å². The van der Waals surface area contributed by atoms with Gasteiger partial charge in [0, 0.05) is 12.7 Å². The number of benzene rings is 1. The standard InChI is InChI=1S/C16H19N3O3/c1-11-3-5-13(6-4-11)7-8-18-10-14(9-17)15(20)19-12(2)16(21)22/h3-6,10,12,18H,7-8H2,1-2H3,(H,19,20)(H,21,22)/b14-10-. The second-order valence-corrected chi connectivity index (χ2v) is 4.89. The predicted octanol–water partition coefficient (Wildman–Crippen LogP) is 1.12. The molecule has 3 N–H and O–H groups in total. The second-order valence-electron chi connectivity index (χ2n) is 4.89. The van der Waals surface area contributed by atoms with Gasteiger partial charge in [-0.05, 0) is 25.8 Å². The Kier molecular flexibility index (Phi) is 6.64. The number of nitriles is 1. The van der Waals surface area contributed by atoms with Crippen LogP contribution in [0.25, 0.3) is 0 Å². The Morgan fingerprint density at radius 2 is 2.00 bits per heavy atom. The summed E-state index contributed by atoms with van der Waals surface area (Å²) in [5.41, 5.74) is 2.18. The molecule has 0 aliphatic heterocycles. The molecule has 1 unspecified atom stereocenters. The van der Waals surface area contributed by atoms with Crippen LogP contribution in [0.15, 0.2) is 36.0 Å². The fourth-order valence-electron chi connectivity index (χ4n) is 1.63. The normalized spacial score (nSPS) is 12.1. The van der Waals surface area contributed by atoms with E-state index < -0.39 is 17.9 Å². The number of amides is 1. The van der Waals surface area contributed by atoms with Crippen molar-refractivity contribution in [2.75, 3.05) is 6.54 Å². The monoisotopic (exact) mass is 301 g/mol. The Bertz CT molecular complexity index is 600. The van der Waals surface area contributed by atoms with Crippen LogP contribution in [-0.2, 0) is 16.0 Å². The summed E-state index contributed by atoms with van der Waals surface area (Å²) in [5, 5.41) is 22.8. The van der Waals surface area contributed by atoms with Crippen molar-refractivity contribution >= 4 is 11.9 Å². The molecule has 0 aromatic heterocycles. The van der Waals surface area contributed by atoms with E-state index >= 15 is 0 Å². The van der Waals surface area contributed by atoms with Crippen LogP contribution in [0.1, 0.15) is 18.1 Å². The summed E-state index contributed by atoms with van der Waals surface area (Å²) in [6.07, 6.45) is 2.06. The van der Waals surface area contributed by atoms with Crippen molar-refractivity contribution in [2.24, 2.45) is 0 Å². The van der Waals surface area contributed by atoms with Crippen LogP contribution in [0.4, 0.5) is 0 Å². The zero-order valence-corrected chi connectivity index (χ0v) is 12.6. The van der Waals surface area contributed by atoms with Crippen molar-refractivity contribution in [1.82, 2.24) is 10.6 Å². The molecule has 6 nitrogen and oxygen atoms in total. The van der Waals surface area contributed by atoms with E-state index in [-0.39, 0.29) is 5.57 Å². The molecule has 0 aliphatic rings. The molecule has 0 saturated heterocycles. The molecule has 0 radical (unpaired) electrons. The predicted molar refractivity (Wildman–Crippen MR) is 81.8 cm³/mol. The van der Waals surface area contributed by atoms with Crippen molar-refractivity contribution in [3.63, 3.8) is 0 Å². The van der Waals surface area contributed by atoms with Gasteiger partial charge in [0.05, 0.1) is 0 Å². The van der Waals surface area contributed by atoms with Gasteiger partial charge < -0.3 is 15.7 Å². The SMILES string of the molecule is Cc1ccc(CCN/C=C(/C#N)C(=O)NC(C)C(=O)O)cc1. The first-order chi connectivity index (χ1) is 10.4. The highest BCUT2D eigenvalue weighted by molar-refractivity contribution is 5.99. The van der Waals surface area contributed by atoms with Crippen molar-refractivity contribution < 1.29 is 14.7 Å². The number of aliphatic carboxylic acids is 1. The highest BCUT2D eigenvalue weighted by Crippen LogP contribution is 2.03. The van der Waals surface area contributed by atoms with Crippen molar-refractivity contribution in [1.29, 1.82) is 5.26 Å². The van der Waals surface area contributed by atoms with Crippen LogP contribution in [0, 0.1) is 18.3 Å². The molecule has 116 valence electrons. The number of rotatable bonds is 7. The molecule has 1 rings (SSSR count). The lowest BCUT2D eigenvalue weighted by molar-refractivity contribution is -0.140. The minimum Gasteiger partial charge on any atom is -0.480 e. The molecule has 0 heterocycles. The zero-order chi connectivity index (χ0) is 16.5. The van der Waals surface area contributed by atoms with Crippen LogP contribution in [0.5, 0.6) is 0 Å². The maximum absolute atomic E-state index is 11.7. The summed E-state index contributed by atoms with van der Waals surface area (Å²) in [4.78, 5) is 22.3. The number of carboxylic acid groups (broad SMARTS) is 1. The van der Waals surface area contributed by atoms with E-state index in [0.29, 0.717) is 6.54 Å². The fraction of sp³-hybridized carbons (Fsp3) is 0.312. The van der Waals surface area contributed by atoms with E-state index in [4.69, 9.17) is 10.4 Å². The smallest absolute Gasteiger partial charge is 0.325 e. The largest absolute Gasteiger partial charge is 0.480 e. The van der Waals surface area contributed by atoms with E-state index in [0.717, 1.165) is 12.0 Å². The van der Waals surface area contributed by atoms with Gasteiger partial charge in [0.2, 0.25) is 0 Å². The Hall–Kier alpha value is -2.81. The summed E-state index contributed by atoms with van der Waals surface area (Å²) in [6, 6.07) is 8.78. The number of nitrogens with one attached hydrogen (secondary N) is 2. The molecule has 0 fully saturated rings. The van der Waals surface area contributed by atoms with Gasteiger partial charge in [-0.2, -0.15) is 5.26 Å².